The zero-order valence-electron chi connectivity index (χ0n) is 16.5. The number of methoxy groups -OCH3 is 1. The van der Waals surface area contributed by atoms with Crippen LogP contribution in [0.5, 0.6) is 5.75 Å². The lowest BCUT2D eigenvalue weighted by atomic mass is 9.74. The van der Waals surface area contributed by atoms with E-state index in [0.717, 1.165) is 10.5 Å². The maximum atomic E-state index is 12.8. The molecule has 1 aromatic rings. The molecule has 1 heterocycles. The molecule has 2 N–H and O–H groups in total. The SMILES string of the molecule is CCC1(CC)C(=O)N(C(=O)NCCc2ccc(O)cc2)C1S(=O)(=O)CCOC. The summed E-state index contributed by atoms with van der Waals surface area (Å²) >= 11 is 0. The first kappa shape index (κ1) is 22.2. The van der Waals surface area contributed by atoms with Crippen LogP contribution in [-0.2, 0) is 25.8 Å². The maximum absolute atomic E-state index is 12.8. The van der Waals surface area contributed by atoms with Gasteiger partial charge in [-0.05, 0) is 37.0 Å². The molecular formula is C19H28N2O6S. The average molecular weight is 413 g/mol. The second kappa shape index (κ2) is 8.91. The van der Waals surface area contributed by atoms with Gasteiger partial charge in [0.1, 0.15) is 5.75 Å². The number of carbonyl (C=O) groups is 2. The molecule has 1 fully saturated rings. The second-order valence-corrected chi connectivity index (χ2v) is 9.08. The average Bonchev–Trinajstić information content (AvgIpc) is 2.67. The first-order valence-electron chi connectivity index (χ1n) is 9.33. The van der Waals surface area contributed by atoms with Crippen LogP contribution in [0.2, 0.25) is 0 Å². The van der Waals surface area contributed by atoms with Gasteiger partial charge in [0.2, 0.25) is 5.91 Å². The van der Waals surface area contributed by atoms with Crippen molar-refractivity contribution >= 4 is 21.8 Å². The number of phenols is 1. The normalized spacial score (nSPS) is 18.6. The number of urea groups is 1. The molecule has 1 unspecified atom stereocenters. The number of likely N-dealkylation sites (tertiary alicyclic amines) is 1. The molecule has 0 saturated carbocycles. The number of amides is 3. The highest BCUT2D eigenvalue weighted by molar-refractivity contribution is 7.92. The number of benzene rings is 1. The predicted octanol–water partition coefficient (Wildman–Crippen LogP) is 1.68. The monoisotopic (exact) mass is 412 g/mol. The number of rotatable bonds is 9. The molecule has 1 saturated heterocycles. The Hall–Kier alpha value is -2.13. The summed E-state index contributed by atoms with van der Waals surface area (Å²) in [5.41, 5.74) is -0.172. The molecule has 1 aliphatic heterocycles. The van der Waals surface area contributed by atoms with Crippen molar-refractivity contribution in [2.45, 2.75) is 38.5 Å². The molecule has 1 aliphatic rings. The Labute approximate surface area is 165 Å². The van der Waals surface area contributed by atoms with Crippen molar-refractivity contribution in [2.24, 2.45) is 5.41 Å². The summed E-state index contributed by atoms with van der Waals surface area (Å²) in [6.07, 6.45) is 1.18. The van der Waals surface area contributed by atoms with Crippen LogP contribution in [0.25, 0.3) is 0 Å². The summed E-state index contributed by atoms with van der Waals surface area (Å²) < 4.78 is 30.5. The van der Waals surface area contributed by atoms with Gasteiger partial charge in [-0.2, -0.15) is 0 Å². The highest BCUT2D eigenvalue weighted by atomic mass is 32.2. The van der Waals surface area contributed by atoms with Crippen LogP contribution in [-0.4, -0.2) is 61.8 Å². The van der Waals surface area contributed by atoms with E-state index in [-0.39, 0.29) is 24.7 Å². The number of imide groups is 1. The molecule has 1 atom stereocenters. The van der Waals surface area contributed by atoms with Gasteiger partial charge in [0.25, 0.3) is 0 Å². The van der Waals surface area contributed by atoms with Crippen molar-refractivity contribution in [1.29, 1.82) is 0 Å². The molecule has 3 amide bonds. The molecule has 2 rings (SSSR count). The smallest absolute Gasteiger partial charge is 0.325 e. The number of ether oxygens (including phenoxy) is 1. The highest BCUT2D eigenvalue weighted by Crippen LogP contribution is 2.47. The lowest BCUT2D eigenvalue weighted by Gasteiger charge is -2.53. The molecule has 0 radical (unpaired) electrons. The predicted molar refractivity (Wildman–Crippen MR) is 105 cm³/mol. The third-order valence-corrected chi connectivity index (χ3v) is 7.45. The Morgan fingerprint density at radius 1 is 1.25 bits per heavy atom. The van der Waals surface area contributed by atoms with E-state index in [1.807, 2.05) is 0 Å². The van der Waals surface area contributed by atoms with E-state index in [0.29, 0.717) is 19.3 Å². The van der Waals surface area contributed by atoms with Gasteiger partial charge >= 0.3 is 6.03 Å². The Morgan fingerprint density at radius 3 is 2.39 bits per heavy atom. The Bertz CT molecular complexity index is 802. The zero-order chi connectivity index (χ0) is 20.9. The summed E-state index contributed by atoms with van der Waals surface area (Å²) in [6, 6.07) is 5.85. The first-order valence-corrected chi connectivity index (χ1v) is 11.0. The maximum Gasteiger partial charge on any atom is 0.325 e. The van der Waals surface area contributed by atoms with Gasteiger partial charge in [-0.1, -0.05) is 26.0 Å². The van der Waals surface area contributed by atoms with E-state index in [1.54, 1.807) is 38.1 Å². The van der Waals surface area contributed by atoms with Crippen molar-refractivity contribution in [3.8, 4) is 5.75 Å². The lowest BCUT2D eigenvalue weighted by Crippen LogP contribution is -2.74. The number of hydrogen-bond acceptors (Lipinski definition) is 6. The third kappa shape index (κ3) is 4.15. The van der Waals surface area contributed by atoms with Crippen molar-refractivity contribution in [2.75, 3.05) is 26.0 Å². The number of carbonyl (C=O) groups excluding carboxylic acids is 2. The topological polar surface area (TPSA) is 113 Å². The number of nitrogens with one attached hydrogen (secondary N) is 1. The number of β-lactam (4-membered cyclic amide) rings is 1. The molecule has 9 heteroatoms. The Kier molecular flexibility index (Phi) is 7.06. The van der Waals surface area contributed by atoms with Gasteiger partial charge in [0.15, 0.2) is 15.2 Å². The molecule has 0 bridgehead atoms. The summed E-state index contributed by atoms with van der Waals surface area (Å²) in [7, 11) is -2.33. The molecule has 28 heavy (non-hydrogen) atoms. The van der Waals surface area contributed by atoms with Crippen LogP contribution in [0.3, 0.4) is 0 Å². The van der Waals surface area contributed by atoms with Crippen molar-refractivity contribution < 1.29 is 27.9 Å². The van der Waals surface area contributed by atoms with Crippen LogP contribution in [0, 0.1) is 5.41 Å². The summed E-state index contributed by atoms with van der Waals surface area (Å²) in [4.78, 5) is 26.2. The minimum atomic E-state index is -3.74. The first-order chi connectivity index (χ1) is 13.2. The Morgan fingerprint density at radius 2 is 1.86 bits per heavy atom. The van der Waals surface area contributed by atoms with Crippen LogP contribution in [0.1, 0.15) is 32.3 Å². The second-order valence-electron chi connectivity index (χ2n) is 6.90. The largest absolute Gasteiger partial charge is 0.508 e. The fraction of sp³-hybridized carbons (Fsp3) is 0.579. The van der Waals surface area contributed by atoms with Crippen LogP contribution in [0.4, 0.5) is 4.79 Å². The quantitative estimate of drug-likeness (QED) is 0.597. The van der Waals surface area contributed by atoms with Gasteiger partial charge in [-0.25, -0.2) is 18.1 Å². The summed E-state index contributed by atoms with van der Waals surface area (Å²) in [5, 5.41) is 10.8. The van der Waals surface area contributed by atoms with Gasteiger partial charge in [0, 0.05) is 13.7 Å². The van der Waals surface area contributed by atoms with Gasteiger partial charge < -0.3 is 15.2 Å². The van der Waals surface area contributed by atoms with Gasteiger partial charge in [-0.15, -0.1) is 0 Å². The summed E-state index contributed by atoms with van der Waals surface area (Å²) in [6.45, 7) is 3.77. The molecule has 0 aromatic heterocycles. The standard InChI is InChI=1S/C19H28N2O6S/c1-4-19(5-2)16(23)21(17(19)28(25,26)13-12-27-3)18(24)20-11-10-14-6-8-15(22)9-7-14/h6-9,17,22H,4-5,10-13H2,1-3H3,(H,20,24). The Balaban J connectivity index is 2.11. The number of hydrogen-bond donors (Lipinski definition) is 2. The number of nitrogens with zero attached hydrogens (tertiary/aromatic N) is 1. The fourth-order valence-electron chi connectivity index (χ4n) is 3.61. The van der Waals surface area contributed by atoms with E-state index in [4.69, 9.17) is 4.74 Å². The molecule has 156 valence electrons. The van der Waals surface area contributed by atoms with E-state index in [2.05, 4.69) is 5.32 Å². The summed E-state index contributed by atoms with van der Waals surface area (Å²) in [5.74, 6) is -0.551. The van der Waals surface area contributed by atoms with E-state index >= 15 is 0 Å². The van der Waals surface area contributed by atoms with Crippen LogP contribution >= 0.6 is 0 Å². The van der Waals surface area contributed by atoms with E-state index < -0.39 is 32.6 Å². The van der Waals surface area contributed by atoms with Gasteiger partial charge in [-0.3, -0.25) is 4.79 Å². The van der Waals surface area contributed by atoms with Crippen molar-refractivity contribution in [3.05, 3.63) is 29.8 Å². The van der Waals surface area contributed by atoms with E-state index in [1.165, 1.54) is 7.11 Å². The van der Waals surface area contributed by atoms with Crippen molar-refractivity contribution in [1.82, 2.24) is 10.2 Å². The highest BCUT2D eigenvalue weighted by Gasteiger charge is 2.65. The van der Waals surface area contributed by atoms with Crippen molar-refractivity contribution in [3.63, 3.8) is 0 Å². The minimum Gasteiger partial charge on any atom is -0.508 e. The third-order valence-electron chi connectivity index (χ3n) is 5.37. The number of phenolic OH excluding ortho intramolecular Hbond substituents is 1. The molecule has 8 nitrogen and oxygen atoms in total. The van der Waals surface area contributed by atoms with Crippen LogP contribution < -0.4 is 5.32 Å². The minimum absolute atomic E-state index is 0.00679. The lowest BCUT2D eigenvalue weighted by molar-refractivity contribution is -0.158. The molecule has 1 aromatic carbocycles. The number of sulfone groups is 1. The van der Waals surface area contributed by atoms with E-state index in [9.17, 15) is 23.1 Å². The van der Waals surface area contributed by atoms with Crippen LogP contribution in [0.15, 0.2) is 24.3 Å². The number of aromatic hydroxyl groups is 1. The zero-order valence-corrected chi connectivity index (χ0v) is 17.3. The molecule has 0 aliphatic carbocycles. The molecular weight excluding hydrogens is 384 g/mol. The fourth-order valence-corrected chi connectivity index (χ4v) is 5.87. The molecule has 0 spiro atoms. The van der Waals surface area contributed by atoms with Gasteiger partial charge in [0.05, 0.1) is 17.8 Å².